The van der Waals surface area contributed by atoms with Crippen molar-refractivity contribution in [3.8, 4) is 0 Å². The van der Waals surface area contributed by atoms with Gasteiger partial charge in [0.15, 0.2) is 0 Å². The lowest BCUT2D eigenvalue weighted by atomic mass is 9.77. The van der Waals surface area contributed by atoms with E-state index in [0.29, 0.717) is 5.47 Å². The molecule has 0 saturated carbocycles. The van der Waals surface area contributed by atoms with E-state index in [9.17, 15) is 18.4 Å². The largest absolute Gasteiger partial charge is 0.492 e. The number of rotatable bonds is 5. The van der Waals surface area contributed by atoms with E-state index in [1.54, 1.807) is 0 Å². The number of nitrogens with one attached hydrogen (secondary N) is 1. The maximum absolute atomic E-state index is 14.2. The molecule has 0 aromatic heterocycles. The summed E-state index contributed by atoms with van der Waals surface area (Å²) in [5.41, 5.74) is -1.40. The smallest absolute Gasteiger partial charge is 0.465 e. The van der Waals surface area contributed by atoms with Gasteiger partial charge in [0.25, 0.3) is 0 Å². The number of amides is 1. The van der Waals surface area contributed by atoms with Crippen molar-refractivity contribution in [3.05, 3.63) is 40.4 Å². The number of methoxy groups -OCH3 is 1. The minimum Gasteiger partial charge on any atom is -0.465 e. The zero-order valence-corrected chi connectivity index (χ0v) is 16.8. The SMILES string of the molecule is COC(=O)c1c(F)cc(C=C(CNC(C)=O)B2OC(C)(C)C(C)(C)O2)cc1F. The van der Waals surface area contributed by atoms with Gasteiger partial charge in [-0.3, -0.25) is 4.79 Å². The maximum Gasteiger partial charge on any atom is 0.492 e. The van der Waals surface area contributed by atoms with Crippen LogP contribution in [0.3, 0.4) is 0 Å². The third-order valence-electron chi connectivity index (χ3n) is 4.90. The molecule has 0 aliphatic carbocycles. The summed E-state index contributed by atoms with van der Waals surface area (Å²) in [5.74, 6) is -3.48. The summed E-state index contributed by atoms with van der Waals surface area (Å²) in [4.78, 5) is 22.9. The maximum atomic E-state index is 14.2. The molecule has 1 amide bonds. The molecule has 152 valence electrons. The van der Waals surface area contributed by atoms with Gasteiger partial charge in [-0.2, -0.15) is 0 Å². The van der Waals surface area contributed by atoms with Crippen LogP contribution in [0.5, 0.6) is 0 Å². The fraction of sp³-hybridized carbons (Fsp3) is 0.474. The van der Waals surface area contributed by atoms with Gasteiger partial charge in [-0.25, -0.2) is 13.6 Å². The average molecular weight is 395 g/mol. The minimum absolute atomic E-state index is 0.0636. The predicted molar refractivity (Wildman–Crippen MR) is 100 cm³/mol. The van der Waals surface area contributed by atoms with Crippen molar-refractivity contribution in [2.75, 3.05) is 13.7 Å². The Bertz CT molecular complexity index is 784. The number of benzene rings is 1. The third-order valence-corrected chi connectivity index (χ3v) is 4.90. The molecule has 6 nitrogen and oxygen atoms in total. The molecular weight excluding hydrogens is 371 g/mol. The number of carbonyl (C=O) groups excluding carboxylic acids is 2. The summed E-state index contributed by atoms with van der Waals surface area (Å²) in [6.45, 7) is 8.89. The highest BCUT2D eigenvalue weighted by Gasteiger charge is 2.52. The first kappa shape index (κ1) is 22.0. The van der Waals surface area contributed by atoms with E-state index in [-0.39, 0.29) is 18.0 Å². The van der Waals surface area contributed by atoms with E-state index < -0.39 is 41.5 Å². The summed E-state index contributed by atoms with van der Waals surface area (Å²) in [5, 5.41) is 2.64. The van der Waals surface area contributed by atoms with E-state index in [1.807, 2.05) is 27.7 Å². The second-order valence-corrected chi connectivity index (χ2v) is 7.57. The number of carbonyl (C=O) groups is 2. The van der Waals surface area contributed by atoms with E-state index in [2.05, 4.69) is 10.1 Å². The zero-order chi connectivity index (χ0) is 21.3. The van der Waals surface area contributed by atoms with Gasteiger partial charge >= 0.3 is 13.1 Å². The highest BCUT2D eigenvalue weighted by Crippen LogP contribution is 2.38. The second-order valence-electron chi connectivity index (χ2n) is 7.57. The number of esters is 1. The Hall–Kier alpha value is -2.26. The Kier molecular flexibility index (Phi) is 6.30. The predicted octanol–water partition coefficient (Wildman–Crippen LogP) is 2.90. The van der Waals surface area contributed by atoms with Gasteiger partial charge in [0.1, 0.15) is 17.2 Å². The van der Waals surface area contributed by atoms with Gasteiger partial charge in [-0.05, 0) is 50.9 Å². The monoisotopic (exact) mass is 395 g/mol. The molecule has 1 saturated heterocycles. The molecule has 9 heteroatoms. The van der Waals surface area contributed by atoms with Crippen LogP contribution in [-0.2, 0) is 18.8 Å². The fourth-order valence-electron chi connectivity index (χ4n) is 2.61. The molecular formula is C19H24BF2NO5. The van der Waals surface area contributed by atoms with Crippen LogP contribution in [0.25, 0.3) is 6.08 Å². The highest BCUT2D eigenvalue weighted by atomic mass is 19.1. The standard InChI is InChI=1S/C19H24BF2NO5/c1-11(24)23-10-13(20-27-18(2,3)19(4,5)28-20)7-12-8-14(21)16(15(22)9-12)17(25)26-6/h7-9H,10H2,1-6H3,(H,23,24). The van der Waals surface area contributed by atoms with Gasteiger partial charge in [0, 0.05) is 13.5 Å². The minimum atomic E-state index is -1.10. The van der Waals surface area contributed by atoms with Gasteiger partial charge in [-0.1, -0.05) is 6.08 Å². The quantitative estimate of drug-likeness (QED) is 0.613. The molecule has 1 aromatic carbocycles. The van der Waals surface area contributed by atoms with E-state index in [4.69, 9.17) is 9.31 Å². The van der Waals surface area contributed by atoms with Crippen molar-refractivity contribution in [1.82, 2.24) is 5.32 Å². The normalized spacial score (nSPS) is 18.1. The molecule has 0 atom stereocenters. The number of hydrogen-bond acceptors (Lipinski definition) is 5. The second kappa shape index (κ2) is 8.01. The summed E-state index contributed by atoms with van der Waals surface area (Å²) in [7, 11) is 0.224. The molecule has 1 aliphatic heterocycles. The zero-order valence-electron chi connectivity index (χ0n) is 16.8. The number of ether oxygens (including phenoxy) is 1. The van der Waals surface area contributed by atoms with E-state index in [1.165, 1.54) is 13.0 Å². The van der Waals surface area contributed by atoms with Crippen molar-refractivity contribution in [2.45, 2.75) is 45.8 Å². The lowest BCUT2D eigenvalue weighted by Gasteiger charge is -2.32. The molecule has 0 spiro atoms. The van der Waals surface area contributed by atoms with Crippen LogP contribution >= 0.6 is 0 Å². The Morgan fingerprint density at radius 1 is 1.14 bits per heavy atom. The molecule has 0 unspecified atom stereocenters. The summed E-state index contributed by atoms with van der Waals surface area (Å²) < 4.78 is 44.8. The van der Waals surface area contributed by atoms with Crippen molar-refractivity contribution < 1.29 is 32.4 Å². The van der Waals surface area contributed by atoms with Crippen molar-refractivity contribution in [2.24, 2.45) is 0 Å². The molecule has 1 heterocycles. The van der Waals surface area contributed by atoms with Crippen LogP contribution in [0.1, 0.15) is 50.5 Å². The highest BCUT2D eigenvalue weighted by molar-refractivity contribution is 6.56. The third kappa shape index (κ3) is 4.59. The van der Waals surface area contributed by atoms with Gasteiger partial charge in [0.05, 0.1) is 18.3 Å². The van der Waals surface area contributed by atoms with Crippen LogP contribution in [0.2, 0.25) is 0 Å². The first-order chi connectivity index (χ1) is 12.9. The first-order valence-electron chi connectivity index (χ1n) is 8.76. The summed E-state index contributed by atoms with van der Waals surface area (Å²) >= 11 is 0. The number of hydrogen-bond donors (Lipinski definition) is 1. The van der Waals surface area contributed by atoms with Crippen molar-refractivity contribution in [3.63, 3.8) is 0 Å². The van der Waals surface area contributed by atoms with Crippen LogP contribution in [0.4, 0.5) is 8.78 Å². The van der Waals surface area contributed by atoms with Crippen LogP contribution in [-0.4, -0.2) is 43.9 Å². The molecule has 1 aliphatic rings. The van der Waals surface area contributed by atoms with E-state index in [0.717, 1.165) is 19.2 Å². The molecule has 1 fully saturated rings. The van der Waals surface area contributed by atoms with E-state index >= 15 is 0 Å². The topological polar surface area (TPSA) is 73.9 Å². The Balaban J connectivity index is 2.43. The van der Waals surface area contributed by atoms with Crippen LogP contribution < -0.4 is 5.32 Å². The molecule has 1 aromatic rings. The lowest BCUT2D eigenvalue weighted by Crippen LogP contribution is -2.41. The Labute approximate surface area is 163 Å². The Morgan fingerprint density at radius 2 is 1.64 bits per heavy atom. The summed E-state index contributed by atoms with van der Waals surface area (Å²) in [6, 6.07) is 2.02. The lowest BCUT2D eigenvalue weighted by molar-refractivity contribution is -0.118. The fourth-order valence-corrected chi connectivity index (χ4v) is 2.61. The van der Waals surface area contributed by atoms with Gasteiger partial charge in [-0.15, -0.1) is 0 Å². The molecule has 1 N–H and O–H groups in total. The molecule has 2 rings (SSSR count). The summed E-state index contributed by atoms with van der Waals surface area (Å²) in [6.07, 6.45) is 1.46. The first-order valence-corrected chi connectivity index (χ1v) is 8.76. The average Bonchev–Trinajstić information content (AvgIpc) is 2.78. The molecule has 28 heavy (non-hydrogen) atoms. The van der Waals surface area contributed by atoms with Crippen LogP contribution in [0, 0.1) is 11.6 Å². The number of halogens is 2. The van der Waals surface area contributed by atoms with Crippen molar-refractivity contribution >= 4 is 25.1 Å². The molecule has 0 radical (unpaired) electrons. The van der Waals surface area contributed by atoms with Crippen LogP contribution in [0.15, 0.2) is 17.6 Å². The van der Waals surface area contributed by atoms with Gasteiger partial charge in [0.2, 0.25) is 5.91 Å². The molecule has 0 bridgehead atoms. The van der Waals surface area contributed by atoms with Crippen molar-refractivity contribution in [1.29, 1.82) is 0 Å². The Morgan fingerprint density at radius 3 is 2.07 bits per heavy atom. The van der Waals surface area contributed by atoms with Gasteiger partial charge < -0.3 is 19.4 Å².